The first-order valence-electron chi connectivity index (χ1n) is 12.6. The minimum absolute atomic E-state index is 0.587. The van der Waals surface area contributed by atoms with Gasteiger partial charge in [0, 0.05) is 80.7 Å². The highest BCUT2D eigenvalue weighted by molar-refractivity contribution is 5.66. The Morgan fingerprint density at radius 2 is 1.77 bits per heavy atom. The Bertz CT molecular complexity index is 1190. The molecule has 182 valence electrons. The molecule has 0 unspecified atom stereocenters. The maximum Gasteiger partial charge on any atom is 0.227 e. The molecule has 3 aliphatic heterocycles. The third-order valence-electron chi connectivity index (χ3n) is 7.80. The molecule has 35 heavy (non-hydrogen) atoms. The molecule has 2 atom stereocenters. The summed E-state index contributed by atoms with van der Waals surface area (Å²) in [6, 6.07) is 14.0. The van der Waals surface area contributed by atoms with Gasteiger partial charge in [-0.25, -0.2) is 15.0 Å². The molecule has 1 N–H and O–H groups in total. The quantitative estimate of drug-likeness (QED) is 0.610. The predicted molar refractivity (Wildman–Crippen MR) is 142 cm³/mol. The van der Waals surface area contributed by atoms with Crippen LogP contribution in [0.1, 0.15) is 12.0 Å². The average Bonchev–Trinajstić information content (AvgIpc) is 3.45. The lowest BCUT2D eigenvalue weighted by atomic mass is 10.1. The van der Waals surface area contributed by atoms with Crippen LogP contribution < -0.4 is 15.1 Å². The molecule has 8 heteroatoms. The summed E-state index contributed by atoms with van der Waals surface area (Å²) in [5, 5.41) is 3.39. The predicted octanol–water partition coefficient (Wildman–Crippen LogP) is 3.24. The number of rotatable bonds is 5. The van der Waals surface area contributed by atoms with Gasteiger partial charge in [0.2, 0.25) is 5.95 Å². The maximum atomic E-state index is 4.78. The molecule has 3 fully saturated rings. The number of likely N-dealkylation sites (tertiary alicyclic amines) is 1. The monoisotopic (exact) mass is 470 g/mol. The van der Waals surface area contributed by atoms with Crippen LogP contribution in [0.3, 0.4) is 0 Å². The van der Waals surface area contributed by atoms with Gasteiger partial charge in [-0.05, 0) is 69.4 Å². The van der Waals surface area contributed by atoms with E-state index in [1.54, 1.807) is 6.20 Å². The Labute approximate surface area is 207 Å². The van der Waals surface area contributed by atoms with Gasteiger partial charge in [-0.2, -0.15) is 0 Å². The van der Waals surface area contributed by atoms with E-state index in [1.807, 2.05) is 12.3 Å². The van der Waals surface area contributed by atoms with Crippen molar-refractivity contribution >= 4 is 23.1 Å². The molecule has 6 rings (SSSR count). The third kappa shape index (κ3) is 4.44. The molecule has 0 radical (unpaired) electrons. The van der Waals surface area contributed by atoms with Crippen LogP contribution >= 0.6 is 0 Å². The lowest BCUT2D eigenvalue weighted by molar-refractivity contribution is 0.292. The average molecular weight is 471 g/mol. The van der Waals surface area contributed by atoms with E-state index in [2.05, 4.69) is 81.3 Å². The van der Waals surface area contributed by atoms with Crippen molar-refractivity contribution in [2.45, 2.75) is 25.4 Å². The SMILES string of the molecule is Cc1cc(Nc2nccc(-c3ccc(N4C[C@@H]5C[C@H]4CN5C)nc3)n2)ccc1N1CCN(C)CC1. The van der Waals surface area contributed by atoms with Gasteiger partial charge in [0.1, 0.15) is 5.82 Å². The van der Waals surface area contributed by atoms with E-state index in [1.165, 1.54) is 17.7 Å². The Morgan fingerprint density at radius 3 is 2.46 bits per heavy atom. The Kier molecular flexibility index (Phi) is 5.78. The second kappa shape index (κ2) is 9.09. The molecule has 0 aliphatic carbocycles. The molecule has 3 aliphatic rings. The standard InChI is InChI=1S/C27H34N8/c1-19-14-21(5-6-25(19)34-12-10-32(2)11-13-34)30-27-28-9-8-24(31-27)20-4-7-26(29-16-20)35-18-22-15-23(35)17-33(22)3/h4-9,14,16,22-23H,10-13,15,17-18H2,1-3H3,(H,28,30,31)/t22-,23-/m0/s1. The summed E-state index contributed by atoms with van der Waals surface area (Å²) in [6.07, 6.45) is 4.99. The van der Waals surface area contributed by atoms with Gasteiger partial charge in [0.05, 0.1) is 5.69 Å². The van der Waals surface area contributed by atoms with E-state index < -0.39 is 0 Å². The van der Waals surface area contributed by atoms with Gasteiger partial charge < -0.3 is 20.0 Å². The minimum atomic E-state index is 0.587. The van der Waals surface area contributed by atoms with Crippen molar-refractivity contribution in [3.05, 3.63) is 54.4 Å². The lowest BCUT2D eigenvalue weighted by Crippen LogP contribution is -2.44. The first kappa shape index (κ1) is 22.2. The Morgan fingerprint density at radius 1 is 0.914 bits per heavy atom. The van der Waals surface area contributed by atoms with Gasteiger partial charge in [-0.1, -0.05) is 0 Å². The summed E-state index contributed by atoms with van der Waals surface area (Å²) in [5.74, 6) is 1.66. The van der Waals surface area contributed by atoms with Gasteiger partial charge in [0.15, 0.2) is 0 Å². The van der Waals surface area contributed by atoms with Crippen LogP contribution in [0.15, 0.2) is 48.8 Å². The largest absolute Gasteiger partial charge is 0.369 e. The molecular formula is C27H34N8. The fourth-order valence-electron chi connectivity index (χ4n) is 5.70. The number of likely N-dealkylation sites (N-methyl/N-ethyl adjacent to an activating group) is 2. The fourth-order valence-corrected chi connectivity index (χ4v) is 5.70. The first-order chi connectivity index (χ1) is 17.0. The van der Waals surface area contributed by atoms with Gasteiger partial charge in [0.25, 0.3) is 0 Å². The molecular weight excluding hydrogens is 436 g/mol. The van der Waals surface area contributed by atoms with Crippen LogP contribution in [0.5, 0.6) is 0 Å². The van der Waals surface area contributed by atoms with E-state index in [0.29, 0.717) is 18.0 Å². The number of aryl methyl sites for hydroxylation is 1. The van der Waals surface area contributed by atoms with Crippen LogP contribution in [0.4, 0.5) is 23.1 Å². The van der Waals surface area contributed by atoms with E-state index >= 15 is 0 Å². The summed E-state index contributed by atoms with van der Waals surface area (Å²) in [5.41, 5.74) is 5.44. The Balaban J connectivity index is 1.14. The Hall–Kier alpha value is -3.23. The molecule has 1 aromatic carbocycles. The van der Waals surface area contributed by atoms with Gasteiger partial charge in [-0.15, -0.1) is 0 Å². The summed E-state index contributed by atoms with van der Waals surface area (Å²) >= 11 is 0. The van der Waals surface area contributed by atoms with E-state index in [4.69, 9.17) is 9.97 Å². The van der Waals surface area contributed by atoms with Crippen LogP contribution in [0.2, 0.25) is 0 Å². The maximum absolute atomic E-state index is 4.78. The number of hydrogen-bond acceptors (Lipinski definition) is 8. The molecule has 3 aromatic rings. The first-order valence-corrected chi connectivity index (χ1v) is 12.6. The number of nitrogens with one attached hydrogen (secondary N) is 1. The van der Waals surface area contributed by atoms with E-state index in [-0.39, 0.29) is 0 Å². The lowest BCUT2D eigenvalue weighted by Gasteiger charge is -2.35. The fraction of sp³-hybridized carbons (Fsp3) is 0.444. The van der Waals surface area contributed by atoms with E-state index in [0.717, 1.165) is 62.0 Å². The summed E-state index contributed by atoms with van der Waals surface area (Å²) in [7, 11) is 4.41. The summed E-state index contributed by atoms with van der Waals surface area (Å²) < 4.78 is 0. The number of fused-ring (bicyclic) bond motifs is 2. The molecule has 5 heterocycles. The molecule has 3 saturated heterocycles. The van der Waals surface area contributed by atoms with Gasteiger partial charge >= 0.3 is 0 Å². The highest BCUT2D eigenvalue weighted by atomic mass is 15.4. The molecule has 2 bridgehead atoms. The van der Waals surface area contributed by atoms with Crippen molar-refractivity contribution in [2.75, 3.05) is 68.5 Å². The van der Waals surface area contributed by atoms with Crippen LogP contribution in [-0.2, 0) is 0 Å². The zero-order chi connectivity index (χ0) is 23.9. The van der Waals surface area contributed by atoms with Crippen molar-refractivity contribution in [1.29, 1.82) is 0 Å². The zero-order valence-electron chi connectivity index (χ0n) is 20.9. The van der Waals surface area contributed by atoms with Crippen molar-refractivity contribution < 1.29 is 0 Å². The van der Waals surface area contributed by atoms with Gasteiger partial charge in [-0.3, -0.25) is 4.90 Å². The number of nitrogens with zero attached hydrogens (tertiary/aromatic N) is 7. The molecule has 0 saturated carbocycles. The number of benzene rings is 1. The second-order valence-corrected chi connectivity index (χ2v) is 10.2. The van der Waals surface area contributed by atoms with Crippen LogP contribution in [-0.4, -0.2) is 90.2 Å². The highest BCUT2D eigenvalue weighted by Gasteiger charge is 2.41. The number of piperazine rings is 2. The third-order valence-corrected chi connectivity index (χ3v) is 7.80. The number of hydrogen-bond donors (Lipinski definition) is 1. The molecule has 2 aromatic heterocycles. The summed E-state index contributed by atoms with van der Waals surface area (Å²) in [4.78, 5) is 23.8. The van der Waals surface area contributed by atoms with Crippen molar-refractivity contribution in [3.63, 3.8) is 0 Å². The van der Waals surface area contributed by atoms with Crippen molar-refractivity contribution in [3.8, 4) is 11.3 Å². The topological polar surface area (TPSA) is 63.7 Å². The smallest absolute Gasteiger partial charge is 0.227 e. The molecule has 0 spiro atoms. The highest BCUT2D eigenvalue weighted by Crippen LogP contribution is 2.33. The van der Waals surface area contributed by atoms with E-state index in [9.17, 15) is 0 Å². The second-order valence-electron chi connectivity index (χ2n) is 10.2. The zero-order valence-corrected chi connectivity index (χ0v) is 20.9. The molecule has 0 amide bonds. The molecule has 8 nitrogen and oxygen atoms in total. The normalized spacial score (nSPS) is 22.7. The van der Waals surface area contributed by atoms with Crippen LogP contribution in [0, 0.1) is 6.92 Å². The van der Waals surface area contributed by atoms with Crippen molar-refractivity contribution in [1.82, 2.24) is 24.8 Å². The number of anilines is 4. The van der Waals surface area contributed by atoms with Crippen LogP contribution in [0.25, 0.3) is 11.3 Å². The van der Waals surface area contributed by atoms with Crippen molar-refractivity contribution in [2.24, 2.45) is 0 Å². The summed E-state index contributed by atoms with van der Waals surface area (Å²) in [6.45, 7) is 8.72. The minimum Gasteiger partial charge on any atom is -0.369 e. The number of pyridine rings is 1. The number of aromatic nitrogens is 3.